The van der Waals surface area contributed by atoms with Crippen LogP contribution in [0.1, 0.15) is 16.7 Å². The summed E-state index contributed by atoms with van der Waals surface area (Å²) in [4.78, 5) is 0. The quantitative estimate of drug-likeness (QED) is 0.600. The van der Waals surface area contributed by atoms with Crippen molar-refractivity contribution in [3.8, 4) is 22.8 Å². The Morgan fingerprint density at radius 2 is 1.78 bits per heavy atom. The van der Waals surface area contributed by atoms with Crippen LogP contribution in [0.15, 0.2) is 53.6 Å². The molecule has 1 heterocycles. The molecule has 2 aromatic carbocycles. The van der Waals surface area contributed by atoms with Crippen molar-refractivity contribution in [3.63, 3.8) is 0 Å². The summed E-state index contributed by atoms with van der Waals surface area (Å²) in [5, 5.41) is 28.2. The minimum absolute atomic E-state index is 0.184. The van der Waals surface area contributed by atoms with Gasteiger partial charge in [0.1, 0.15) is 16.5 Å². The fraction of sp³-hybridized carbons (Fsp3) is 0.158. The lowest BCUT2D eigenvalue weighted by molar-refractivity contribution is -0.137. The van der Waals surface area contributed by atoms with E-state index in [1.165, 1.54) is 17.8 Å². The lowest BCUT2D eigenvalue weighted by Crippen LogP contribution is -2.04. The second-order valence-electron chi connectivity index (χ2n) is 5.90. The molecule has 0 amide bonds. The minimum atomic E-state index is -4.52. The number of aromatic hydroxyl groups is 2. The van der Waals surface area contributed by atoms with E-state index >= 15 is 0 Å². The third-order valence-corrected chi connectivity index (χ3v) is 4.81. The number of rotatable bonds is 4. The van der Waals surface area contributed by atoms with Gasteiger partial charge in [-0.2, -0.15) is 13.2 Å². The summed E-state index contributed by atoms with van der Waals surface area (Å²) in [6, 6.07) is 11.4. The normalized spacial score (nSPS) is 11.6. The first-order valence-corrected chi connectivity index (χ1v) is 8.88. The molecule has 0 saturated carbocycles. The van der Waals surface area contributed by atoms with Gasteiger partial charge in [0, 0.05) is 11.3 Å². The zero-order valence-electron chi connectivity index (χ0n) is 14.2. The Balaban J connectivity index is 1.81. The zero-order valence-corrected chi connectivity index (χ0v) is 15.0. The highest BCUT2D eigenvalue weighted by atomic mass is 32.2. The molecular formula is C19H15F3N2O2S. The molecule has 0 bridgehead atoms. The molecule has 0 radical (unpaired) electrons. The van der Waals surface area contributed by atoms with E-state index in [1.807, 2.05) is 6.07 Å². The predicted octanol–water partition coefficient (Wildman–Crippen LogP) is 5.17. The summed E-state index contributed by atoms with van der Waals surface area (Å²) in [5.74, 6) is 0.263. The van der Waals surface area contributed by atoms with Gasteiger partial charge in [-0.25, -0.2) is 0 Å². The molecule has 3 aromatic rings. The minimum Gasteiger partial charge on any atom is -0.508 e. The number of benzene rings is 2. The number of halogens is 3. The van der Waals surface area contributed by atoms with Crippen molar-refractivity contribution in [2.24, 2.45) is 0 Å². The van der Waals surface area contributed by atoms with Gasteiger partial charge in [0.2, 0.25) is 0 Å². The number of nitrogens with zero attached hydrogens (tertiary/aromatic N) is 2. The Morgan fingerprint density at radius 3 is 2.41 bits per heavy atom. The molecule has 2 N–H and O–H groups in total. The lowest BCUT2D eigenvalue weighted by atomic mass is 10.0. The van der Waals surface area contributed by atoms with Crippen LogP contribution in [0.25, 0.3) is 11.3 Å². The van der Waals surface area contributed by atoms with Crippen LogP contribution in [0.5, 0.6) is 11.5 Å². The second-order valence-corrected chi connectivity index (χ2v) is 6.90. The summed E-state index contributed by atoms with van der Waals surface area (Å²) in [5.41, 5.74) is 1.19. The molecule has 1 aromatic heterocycles. The zero-order chi connectivity index (χ0) is 19.6. The number of alkyl halides is 3. The summed E-state index contributed by atoms with van der Waals surface area (Å²) in [6.07, 6.45) is -4.52. The fourth-order valence-corrected chi connectivity index (χ4v) is 3.36. The van der Waals surface area contributed by atoms with E-state index in [9.17, 15) is 23.4 Å². The third-order valence-electron chi connectivity index (χ3n) is 3.84. The number of aromatic nitrogens is 2. The van der Waals surface area contributed by atoms with Crippen molar-refractivity contribution in [2.75, 3.05) is 0 Å². The van der Waals surface area contributed by atoms with Crippen LogP contribution in [0.4, 0.5) is 13.2 Å². The molecule has 8 heteroatoms. The average Bonchev–Trinajstić information content (AvgIpc) is 2.60. The summed E-state index contributed by atoms with van der Waals surface area (Å²) in [6.45, 7) is 1.75. The molecule has 4 nitrogen and oxygen atoms in total. The molecule has 0 saturated heterocycles. The van der Waals surface area contributed by atoms with Gasteiger partial charge in [0.05, 0.1) is 11.3 Å². The first-order valence-electron chi connectivity index (χ1n) is 7.89. The van der Waals surface area contributed by atoms with Gasteiger partial charge in [-0.3, -0.25) is 0 Å². The Hall–Kier alpha value is -2.74. The van der Waals surface area contributed by atoms with Gasteiger partial charge in [-0.15, -0.1) is 10.2 Å². The molecule has 0 unspecified atom stereocenters. The highest BCUT2D eigenvalue weighted by Crippen LogP contribution is 2.37. The van der Waals surface area contributed by atoms with Crippen molar-refractivity contribution in [2.45, 2.75) is 23.9 Å². The molecule has 0 atom stereocenters. The SMILES string of the molecule is Cc1cc(SCc2cccc(O)c2)nnc1-c1ccc(C(F)(F)F)cc1O. The Kier molecular flexibility index (Phi) is 5.27. The van der Waals surface area contributed by atoms with E-state index < -0.39 is 17.5 Å². The number of aryl methyl sites for hydroxylation is 1. The summed E-state index contributed by atoms with van der Waals surface area (Å²) < 4.78 is 38.2. The molecule has 140 valence electrons. The van der Waals surface area contributed by atoms with Crippen LogP contribution in [0, 0.1) is 6.92 Å². The summed E-state index contributed by atoms with van der Waals surface area (Å²) in [7, 11) is 0. The van der Waals surface area contributed by atoms with Gasteiger partial charge in [0.15, 0.2) is 0 Å². The number of hydrogen-bond acceptors (Lipinski definition) is 5. The van der Waals surface area contributed by atoms with Crippen LogP contribution in [0.2, 0.25) is 0 Å². The number of phenols is 2. The van der Waals surface area contributed by atoms with E-state index in [1.54, 1.807) is 31.2 Å². The smallest absolute Gasteiger partial charge is 0.416 e. The van der Waals surface area contributed by atoms with Gasteiger partial charge in [-0.05, 0) is 54.4 Å². The highest BCUT2D eigenvalue weighted by Gasteiger charge is 2.31. The Morgan fingerprint density at radius 1 is 1.00 bits per heavy atom. The number of phenolic OH excluding ortho intramolecular Hbond substituents is 2. The maximum absolute atomic E-state index is 12.7. The van der Waals surface area contributed by atoms with Crippen LogP contribution in [-0.2, 0) is 11.9 Å². The van der Waals surface area contributed by atoms with Crippen molar-refractivity contribution < 1.29 is 23.4 Å². The second kappa shape index (κ2) is 7.48. The van der Waals surface area contributed by atoms with Crippen LogP contribution in [-0.4, -0.2) is 20.4 Å². The van der Waals surface area contributed by atoms with Crippen molar-refractivity contribution in [1.82, 2.24) is 10.2 Å². The predicted molar refractivity (Wildman–Crippen MR) is 96.5 cm³/mol. The maximum atomic E-state index is 12.7. The fourth-order valence-electron chi connectivity index (χ4n) is 2.51. The molecule has 3 rings (SSSR count). The molecular weight excluding hydrogens is 377 g/mol. The maximum Gasteiger partial charge on any atom is 0.416 e. The largest absolute Gasteiger partial charge is 0.508 e. The van der Waals surface area contributed by atoms with Crippen LogP contribution >= 0.6 is 11.8 Å². The molecule has 0 fully saturated rings. The summed E-state index contributed by atoms with van der Waals surface area (Å²) >= 11 is 1.41. The topological polar surface area (TPSA) is 66.2 Å². The molecule has 0 aliphatic rings. The van der Waals surface area contributed by atoms with Gasteiger partial charge < -0.3 is 10.2 Å². The third kappa shape index (κ3) is 4.51. The number of hydrogen-bond donors (Lipinski definition) is 2. The lowest BCUT2D eigenvalue weighted by Gasteiger charge is -2.11. The molecule has 0 aliphatic heterocycles. The number of thioether (sulfide) groups is 1. The van der Waals surface area contributed by atoms with E-state index in [2.05, 4.69) is 10.2 Å². The van der Waals surface area contributed by atoms with E-state index in [0.717, 1.165) is 11.6 Å². The van der Waals surface area contributed by atoms with Crippen molar-refractivity contribution in [1.29, 1.82) is 0 Å². The standard InChI is InChI=1S/C19H15F3N2O2S/c1-11-7-17(27-10-12-3-2-4-14(25)8-12)23-24-18(11)15-6-5-13(9-16(15)26)19(20,21)22/h2-9,25-26H,10H2,1H3. The van der Waals surface area contributed by atoms with Gasteiger partial charge >= 0.3 is 6.18 Å². The van der Waals surface area contributed by atoms with Crippen molar-refractivity contribution >= 4 is 11.8 Å². The van der Waals surface area contributed by atoms with Gasteiger partial charge in [-0.1, -0.05) is 23.9 Å². The van der Waals surface area contributed by atoms with Gasteiger partial charge in [0.25, 0.3) is 0 Å². The van der Waals surface area contributed by atoms with Crippen LogP contribution < -0.4 is 0 Å². The van der Waals surface area contributed by atoms with Crippen molar-refractivity contribution in [3.05, 3.63) is 65.2 Å². The average molecular weight is 392 g/mol. The van der Waals surface area contributed by atoms with E-state index in [4.69, 9.17) is 0 Å². The molecule has 0 aliphatic carbocycles. The molecule has 27 heavy (non-hydrogen) atoms. The first-order chi connectivity index (χ1) is 12.7. The molecule has 0 spiro atoms. The Bertz CT molecular complexity index is 977. The Labute approximate surface area is 157 Å². The van der Waals surface area contributed by atoms with E-state index in [0.29, 0.717) is 28.1 Å². The highest BCUT2D eigenvalue weighted by molar-refractivity contribution is 7.98. The van der Waals surface area contributed by atoms with Crippen LogP contribution in [0.3, 0.4) is 0 Å². The van der Waals surface area contributed by atoms with E-state index in [-0.39, 0.29) is 11.3 Å². The first kappa shape index (κ1) is 19.0. The monoisotopic (exact) mass is 392 g/mol.